The Hall–Kier alpha value is -2.76. The number of nitro groups is 1. The van der Waals surface area contributed by atoms with Crippen LogP contribution in [0.3, 0.4) is 0 Å². The number of aryl methyl sites for hydroxylation is 1. The van der Waals surface area contributed by atoms with Crippen molar-refractivity contribution in [2.45, 2.75) is 13.5 Å². The van der Waals surface area contributed by atoms with E-state index in [4.69, 9.17) is 4.74 Å². The Morgan fingerprint density at radius 1 is 1.29 bits per heavy atom. The first-order valence-corrected chi connectivity index (χ1v) is 6.36. The summed E-state index contributed by atoms with van der Waals surface area (Å²) in [5.74, 6) is 0.470. The summed E-state index contributed by atoms with van der Waals surface area (Å²) in [5.41, 5.74) is 2.50. The zero-order valence-electron chi connectivity index (χ0n) is 11.8. The van der Waals surface area contributed by atoms with Gasteiger partial charge in [0.2, 0.25) is 0 Å². The fraction of sp³-hybridized carbons (Fsp3) is 0.200. The molecule has 6 nitrogen and oxygen atoms in total. The summed E-state index contributed by atoms with van der Waals surface area (Å²) >= 11 is 0. The molecule has 2 rings (SSSR count). The molecule has 0 saturated carbocycles. The van der Waals surface area contributed by atoms with Crippen molar-refractivity contribution in [3.05, 3.63) is 57.6 Å². The van der Waals surface area contributed by atoms with Gasteiger partial charge in [0.15, 0.2) is 11.5 Å². The maximum Gasteiger partial charge on any atom is 0.271 e. The minimum atomic E-state index is -0.427. The molecule has 0 saturated heterocycles. The predicted octanol–water partition coefficient (Wildman–Crippen LogP) is 3.23. The van der Waals surface area contributed by atoms with E-state index in [-0.39, 0.29) is 11.4 Å². The van der Waals surface area contributed by atoms with Crippen molar-refractivity contribution in [1.29, 1.82) is 0 Å². The Kier molecular flexibility index (Phi) is 4.27. The number of non-ortho nitro benzene ring substituents is 1. The van der Waals surface area contributed by atoms with Crippen LogP contribution in [0, 0.1) is 17.0 Å². The highest BCUT2D eigenvalue weighted by atomic mass is 16.6. The highest BCUT2D eigenvalue weighted by Crippen LogP contribution is 2.27. The molecule has 0 aromatic heterocycles. The number of hydrogen-bond donors (Lipinski definition) is 2. The van der Waals surface area contributed by atoms with Gasteiger partial charge in [0.25, 0.3) is 5.69 Å². The average molecular weight is 288 g/mol. The summed E-state index contributed by atoms with van der Waals surface area (Å²) in [7, 11) is 1.49. The molecule has 0 aliphatic carbocycles. The third kappa shape index (κ3) is 3.42. The van der Waals surface area contributed by atoms with Gasteiger partial charge in [0.05, 0.1) is 12.0 Å². The summed E-state index contributed by atoms with van der Waals surface area (Å²) in [6.45, 7) is 2.32. The molecule has 21 heavy (non-hydrogen) atoms. The van der Waals surface area contributed by atoms with Gasteiger partial charge in [-0.05, 0) is 30.2 Å². The van der Waals surface area contributed by atoms with Crippen LogP contribution in [0.4, 0.5) is 11.4 Å². The molecule has 0 spiro atoms. The number of nitrogens with one attached hydrogen (secondary N) is 1. The number of nitrogens with zero attached hydrogens (tertiary/aromatic N) is 1. The van der Waals surface area contributed by atoms with E-state index in [2.05, 4.69) is 5.32 Å². The lowest BCUT2D eigenvalue weighted by Crippen LogP contribution is -2.02. The first-order valence-electron chi connectivity index (χ1n) is 6.36. The van der Waals surface area contributed by atoms with E-state index in [1.165, 1.54) is 19.2 Å². The minimum Gasteiger partial charge on any atom is -0.504 e. The summed E-state index contributed by atoms with van der Waals surface area (Å²) < 4.78 is 4.98. The number of benzene rings is 2. The van der Waals surface area contributed by atoms with E-state index in [1.807, 2.05) is 13.0 Å². The van der Waals surface area contributed by atoms with Crippen molar-refractivity contribution < 1.29 is 14.8 Å². The second-order valence-corrected chi connectivity index (χ2v) is 4.62. The Morgan fingerprint density at radius 2 is 2.05 bits per heavy atom. The van der Waals surface area contributed by atoms with Gasteiger partial charge < -0.3 is 15.2 Å². The van der Waals surface area contributed by atoms with Crippen molar-refractivity contribution >= 4 is 11.4 Å². The molecule has 2 aromatic rings. The Bertz CT molecular complexity index is 671. The molecule has 0 heterocycles. The molecule has 0 atom stereocenters. The third-order valence-corrected chi connectivity index (χ3v) is 3.16. The van der Waals surface area contributed by atoms with E-state index in [1.54, 1.807) is 18.2 Å². The summed E-state index contributed by atoms with van der Waals surface area (Å²) in [4.78, 5) is 10.4. The first kappa shape index (κ1) is 14.6. The van der Waals surface area contributed by atoms with Gasteiger partial charge in [0.1, 0.15) is 0 Å². The molecule has 0 amide bonds. The van der Waals surface area contributed by atoms with Crippen LogP contribution in [0.2, 0.25) is 0 Å². The summed E-state index contributed by atoms with van der Waals surface area (Å²) in [6, 6.07) is 9.76. The van der Waals surface area contributed by atoms with E-state index < -0.39 is 4.92 Å². The largest absolute Gasteiger partial charge is 0.504 e. The van der Waals surface area contributed by atoms with Gasteiger partial charge in [-0.15, -0.1) is 0 Å². The maximum absolute atomic E-state index is 10.8. The zero-order chi connectivity index (χ0) is 15.4. The molecular weight excluding hydrogens is 272 g/mol. The van der Waals surface area contributed by atoms with Gasteiger partial charge in [-0.25, -0.2) is 0 Å². The van der Waals surface area contributed by atoms with Crippen LogP contribution < -0.4 is 10.1 Å². The van der Waals surface area contributed by atoms with Crippen molar-refractivity contribution in [2.24, 2.45) is 0 Å². The molecule has 110 valence electrons. The quantitative estimate of drug-likeness (QED) is 0.651. The van der Waals surface area contributed by atoms with E-state index in [0.717, 1.165) is 11.1 Å². The standard InChI is InChI=1S/C15H16N2O4/c1-10-3-5-12(17(19)20)8-13(10)16-9-11-4-6-15(21-2)14(18)7-11/h3-8,16,18H,9H2,1-2H3. The van der Waals surface area contributed by atoms with Crippen molar-refractivity contribution in [3.63, 3.8) is 0 Å². The fourth-order valence-corrected chi connectivity index (χ4v) is 1.96. The van der Waals surface area contributed by atoms with Crippen LogP contribution in [0.5, 0.6) is 11.5 Å². The molecule has 0 fully saturated rings. The second-order valence-electron chi connectivity index (χ2n) is 4.62. The zero-order valence-corrected chi connectivity index (χ0v) is 11.8. The number of phenolic OH excluding ortho intramolecular Hbond substituents is 1. The second kappa shape index (κ2) is 6.13. The molecule has 0 aliphatic heterocycles. The Balaban J connectivity index is 2.14. The molecular formula is C15H16N2O4. The first-order chi connectivity index (χ1) is 10.0. The van der Waals surface area contributed by atoms with Crippen LogP contribution in [-0.2, 0) is 6.54 Å². The molecule has 6 heteroatoms. The minimum absolute atomic E-state index is 0.0423. The van der Waals surface area contributed by atoms with Crippen LogP contribution in [0.1, 0.15) is 11.1 Å². The monoisotopic (exact) mass is 288 g/mol. The van der Waals surface area contributed by atoms with Gasteiger partial charge in [-0.1, -0.05) is 12.1 Å². The van der Waals surface area contributed by atoms with Gasteiger partial charge in [-0.3, -0.25) is 10.1 Å². The number of hydrogen-bond acceptors (Lipinski definition) is 5. The molecule has 2 aromatic carbocycles. The Morgan fingerprint density at radius 3 is 2.67 bits per heavy atom. The molecule has 0 aliphatic rings. The number of methoxy groups -OCH3 is 1. The number of nitro benzene ring substituents is 1. The fourth-order valence-electron chi connectivity index (χ4n) is 1.96. The van der Waals surface area contributed by atoms with Gasteiger partial charge in [0, 0.05) is 24.4 Å². The molecule has 2 N–H and O–H groups in total. The lowest BCUT2D eigenvalue weighted by molar-refractivity contribution is -0.384. The van der Waals surface area contributed by atoms with Gasteiger partial charge >= 0.3 is 0 Å². The van der Waals surface area contributed by atoms with Crippen LogP contribution in [0.25, 0.3) is 0 Å². The summed E-state index contributed by atoms with van der Waals surface area (Å²) in [5, 5.41) is 23.6. The Labute approximate surface area is 122 Å². The predicted molar refractivity (Wildman–Crippen MR) is 79.8 cm³/mol. The topological polar surface area (TPSA) is 84.6 Å². The molecule has 0 bridgehead atoms. The number of phenols is 1. The van der Waals surface area contributed by atoms with Crippen LogP contribution >= 0.6 is 0 Å². The third-order valence-electron chi connectivity index (χ3n) is 3.16. The molecule has 0 radical (unpaired) electrons. The SMILES string of the molecule is COc1ccc(CNc2cc([N+](=O)[O-])ccc2C)cc1O. The molecule has 0 unspecified atom stereocenters. The average Bonchev–Trinajstić information content (AvgIpc) is 2.46. The van der Waals surface area contributed by atoms with E-state index >= 15 is 0 Å². The highest BCUT2D eigenvalue weighted by Gasteiger charge is 2.09. The van der Waals surface area contributed by atoms with Crippen molar-refractivity contribution in [1.82, 2.24) is 0 Å². The van der Waals surface area contributed by atoms with Crippen LogP contribution in [0.15, 0.2) is 36.4 Å². The lowest BCUT2D eigenvalue weighted by atomic mass is 10.1. The number of rotatable bonds is 5. The smallest absolute Gasteiger partial charge is 0.271 e. The highest BCUT2D eigenvalue weighted by molar-refractivity contribution is 5.57. The van der Waals surface area contributed by atoms with Crippen molar-refractivity contribution in [3.8, 4) is 11.5 Å². The van der Waals surface area contributed by atoms with Crippen molar-refractivity contribution in [2.75, 3.05) is 12.4 Å². The summed E-state index contributed by atoms with van der Waals surface area (Å²) in [6.07, 6.45) is 0. The number of anilines is 1. The maximum atomic E-state index is 10.8. The van der Waals surface area contributed by atoms with E-state index in [9.17, 15) is 15.2 Å². The number of aromatic hydroxyl groups is 1. The van der Waals surface area contributed by atoms with Crippen LogP contribution in [-0.4, -0.2) is 17.1 Å². The normalized spacial score (nSPS) is 10.2. The van der Waals surface area contributed by atoms with Gasteiger partial charge in [-0.2, -0.15) is 0 Å². The van der Waals surface area contributed by atoms with E-state index in [0.29, 0.717) is 18.0 Å². The number of ether oxygens (including phenoxy) is 1. The lowest BCUT2D eigenvalue weighted by Gasteiger charge is -2.10.